The Bertz CT molecular complexity index is 479. The molecule has 0 radical (unpaired) electrons. The zero-order chi connectivity index (χ0) is 15.2. The predicted molar refractivity (Wildman–Crippen MR) is 93.6 cm³/mol. The summed E-state index contributed by atoms with van der Waals surface area (Å²) in [4.78, 5) is 10.8. The fourth-order valence-electron chi connectivity index (χ4n) is 3.44. The molecule has 0 atom stereocenters. The molecule has 1 fully saturated rings. The number of nitrogens with zero attached hydrogens (tertiary/aromatic N) is 2. The molecule has 22 heavy (non-hydrogen) atoms. The molecule has 2 aliphatic carbocycles. The molecule has 5 heteroatoms. The molecule has 0 aliphatic heterocycles. The van der Waals surface area contributed by atoms with E-state index in [0.717, 1.165) is 19.4 Å². The maximum Gasteiger partial charge on any atom is 0.188 e. The van der Waals surface area contributed by atoms with Crippen molar-refractivity contribution in [3.63, 3.8) is 0 Å². The molecule has 0 aromatic carbocycles. The van der Waals surface area contributed by atoms with Gasteiger partial charge in [0.25, 0.3) is 0 Å². The Labute approximate surface area is 137 Å². The number of fused-ring (bicyclic) bond motifs is 1. The van der Waals surface area contributed by atoms with Crippen molar-refractivity contribution in [2.24, 2.45) is 10.7 Å². The minimum absolute atomic E-state index is 0.545. The second kappa shape index (κ2) is 7.95. The van der Waals surface area contributed by atoms with E-state index in [0.29, 0.717) is 12.0 Å². The first-order chi connectivity index (χ1) is 10.8. The van der Waals surface area contributed by atoms with Crippen LogP contribution < -0.4 is 11.1 Å². The van der Waals surface area contributed by atoms with Crippen LogP contribution in [0.1, 0.15) is 66.9 Å². The first-order valence-corrected chi connectivity index (χ1v) is 9.67. The SMILES string of the molecule is NC(=NCCCc1nc2c(s1)CCCC2)NC1CCCCC1. The van der Waals surface area contributed by atoms with Crippen molar-refractivity contribution in [3.8, 4) is 0 Å². The number of rotatable bonds is 5. The summed E-state index contributed by atoms with van der Waals surface area (Å²) in [6.45, 7) is 0.801. The lowest BCUT2D eigenvalue weighted by molar-refractivity contribution is 0.412. The topological polar surface area (TPSA) is 63.3 Å². The van der Waals surface area contributed by atoms with Crippen molar-refractivity contribution < 1.29 is 0 Å². The molecule has 0 saturated heterocycles. The maximum absolute atomic E-state index is 5.99. The summed E-state index contributed by atoms with van der Waals surface area (Å²) in [5.41, 5.74) is 7.36. The summed E-state index contributed by atoms with van der Waals surface area (Å²) < 4.78 is 0. The summed E-state index contributed by atoms with van der Waals surface area (Å²) >= 11 is 1.92. The third-order valence-corrected chi connectivity index (χ3v) is 5.90. The Morgan fingerprint density at radius 1 is 1.18 bits per heavy atom. The van der Waals surface area contributed by atoms with Gasteiger partial charge in [-0.3, -0.25) is 4.99 Å². The van der Waals surface area contributed by atoms with Gasteiger partial charge >= 0.3 is 0 Å². The molecule has 0 unspecified atom stereocenters. The normalized spacial score (nSPS) is 19.9. The molecule has 3 N–H and O–H groups in total. The van der Waals surface area contributed by atoms with Gasteiger partial charge in [0.2, 0.25) is 0 Å². The first-order valence-electron chi connectivity index (χ1n) is 8.85. The molecule has 3 rings (SSSR count). The molecular formula is C17H28N4S. The number of nitrogens with two attached hydrogens (primary N) is 1. The van der Waals surface area contributed by atoms with E-state index in [2.05, 4.69) is 10.3 Å². The van der Waals surface area contributed by atoms with Crippen molar-refractivity contribution >= 4 is 17.3 Å². The fourth-order valence-corrected chi connectivity index (χ4v) is 4.64. The van der Waals surface area contributed by atoms with Crippen LogP contribution in [0, 0.1) is 0 Å². The standard InChI is InChI=1S/C17H28N4S/c18-17(20-13-7-2-1-3-8-13)19-12-6-11-16-21-14-9-4-5-10-15(14)22-16/h13H,1-12H2,(H3,18,19,20). The van der Waals surface area contributed by atoms with E-state index in [-0.39, 0.29) is 0 Å². The lowest BCUT2D eigenvalue weighted by atomic mass is 9.96. The number of hydrogen-bond donors (Lipinski definition) is 2. The average molecular weight is 321 g/mol. The molecule has 2 aliphatic rings. The van der Waals surface area contributed by atoms with Gasteiger partial charge in [-0.05, 0) is 44.9 Å². The summed E-state index contributed by atoms with van der Waals surface area (Å²) in [6.07, 6.45) is 13.6. The van der Waals surface area contributed by atoms with E-state index in [4.69, 9.17) is 10.7 Å². The van der Waals surface area contributed by atoms with Gasteiger partial charge in [0.1, 0.15) is 0 Å². The molecule has 0 spiro atoms. The zero-order valence-corrected chi connectivity index (χ0v) is 14.3. The van der Waals surface area contributed by atoms with Crippen LogP contribution in [-0.4, -0.2) is 23.5 Å². The van der Waals surface area contributed by atoms with Gasteiger partial charge < -0.3 is 11.1 Å². The number of nitrogens with one attached hydrogen (secondary N) is 1. The summed E-state index contributed by atoms with van der Waals surface area (Å²) in [5.74, 6) is 0.630. The van der Waals surface area contributed by atoms with E-state index in [1.165, 1.54) is 73.4 Å². The Kier molecular flexibility index (Phi) is 5.70. The first kappa shape index (κ1) is 15.8. The lowest BCUT2D eigenvalue weighted by Crippen LogP contribution is -2.41. The lowest BCUT2D eigenvalue weighted by Gasteiger charge is -2.23. The minimum Gasteiger partial charge on any atom is -0.370 e. The minimum atomic E-state index is 0.545. The molecule has 1 saturated carbocycles. The molecule has 1 aromatic heterocycles. The summed E-state index contributed by atoms with van der Waals surface area (Å²) in [6, 6.07) is 0.545. The van der Waals surface area contributed by atoms with Crippen molar-refractivity contribution in [2.75, 3.05) is 6.54 Å². The van der Waals surface area contributed by atoms with Crippen molar-refractivity contribution in [2.45, 2.75) is 76.7 Å². The predicted octanol–water partition coefficient (Wildman–Crippen LogP) is 3.19. The Hall–Kier alpha value is -1.10. The van der Waals surface area contributed by atoms with Crippen molar-refractivity contribution in [1.29, 1.82) is 0 Å². The van der Waals surface area contributed by atoms with Crippen LogP contribution in [0.4, 0.5) is 0 Å². The van der Waals surface area contributed by atoms with Crippen LogP contribution >= 0.6 is 11.3 Å². The van der Waals surface area contributed by atoms with Gasteiger partial charge in [-0.1, -0.05) is 19.3 Å². The van der Waals surface area contributed by atoms with Crippen LogP contribution in [0.15, 0.2) is 4.99 Å². The van der Waals surface area contributed by atoms with Crippen LogP contribution in [-0.2, 0) is 19.3 Å². The second-order valence-electron chi connectivity index (χ2n) is 6.53. The molecule has 4 nitrogen and oxygen atoms in total. The fraction of sp³-hybridized carbons (Fsp3) is 0.765. The number of aliphatic imine (C=N–C) groups is 1. The van der Waals surface area contributed by atoms with Gasteiger partial charge in [0.05, 0.1) is 10.7 Å². The number of thiazole rings is 1. The van der Waals surface area contributed by atoms with Crippen LogP contribution in [0.5, 0.6) is 0 Å². The Balaban J connectivity index is 1.38. The largest absolute Gasteiger partial charge is 0.370 e. The highest BCUT2D eigenvalue weighted by Crippen LogP contribution is 2.27. The smallest absolute Gasteiger partial charge is 0.188 e. The number of hydrogen-bond acceptors (Lipinski definition) is 3. The maximum atomic E-state index is 5.99. The number of aryl methyl sites for hydroxylation is 3. The van der Waals surface area contributed by atoms with Crippen molar-refractivity contribution in [3.05, 3.63) is 15.6 Å². The quantitative estimate of drug-likeness (QED) is 0.497. The highest BCUT2D eigenvalue weighted by molar-refractivity contribution is 7.11. The highest BCUT2D eigenvalue weighted by Gasteiger charge is 2.15. The summed E-state index contributed by atoms with van der Waals surface area (Å²) in [5, 5.41) is 4.66. The highest BCUT2D eigenvalue weighted by atomic mass is 32.1. The van der Waals surface area contributed by atoms with Gasteiger partial charge in [-0.2, -0.15) is 0 Å². The van der Waals surface area contributed by atoms with Crippen LogP contribution in [0.3, 0.4) is 0 Å². The van der Waals surface area contributed by atoms with E-state index in [9.17, 15) is 0 Å². The van der Waals surface area contributed by atoms with Gasteiger partial charge in [0, 0.05) is 23.9 Å². The molecule has 1 aromatic rings. The zero-order valence-electron chi connectivity index (χ0n) is 13.4. The average Bonchev–Trinajstić information content (AvgIpc) is 2.95. The third kappa shape index (κ3) is 4.45. The number of guanidine groups is 1. The summed E-state index contributed by atoms with van der Waals surface area (Å²) in [7, 11) is 0. The third-order valence-electron chi connectivity index (χ3n) is 4.68. The molecule has 0 amide bonds. The van der Waals surface area contributed by atoms with Crippen molar-refractivity contribution in [1.82, 2.24) is 10.3 Å². The van der Waals surface area contributed by atoms with E-state index >= 15 is 0 Å². The van der Waals surface area contributed by atoms with Gasteiger partial charge in [-0.25, -0.2) is 4.98 Å². The van der Waals surface area contributed by atoms with Crippen LogP contribution in [0.2, 0.25) is 0 Å². The Morgan fingerprint density at radius 2 is 2.00 bits per heavy atom. The Morgan fingerprint density at radius 3 is 2.82 bits per heavy atom. The second-order valence-corrected chi connectivity index (χ2v) is 7.70. The molecule has 1 heterocycles. The molecule has 122 valence electrons. The molecular weight excluding hydrogens is 292 g/mol. The van der Waals surface area contributed by atoms with Gasteiger partial charge in [-0.15, -0.1) is 11.3 Å². The van der Waals surface area contributed by atoms with Crippen LogP contribution in [0.25, 0.3) is 0 Å². The van der Waals surface area contributed by atoms with E-state index in [1.54, 1.807) is 0 Å². The molecule has 0 bridgehead atoms. The van der Waals surface area contributed by atoms with Gasteiger partial charge in [0.15, 0.2) is 5.96 Å². The van der Waals surface area contributed by atoms with E-state index in [1.807, 2.05) is 11.3 Å². The van der Waals surface area contributed by atoms with E-state index < -0.39 is 0 Å². The number of aromatic nitrogens is 1. The monoisotopic (exact) mass is 320 g/mol.